The van der Waals surface area contributed by atoms with Crippen molar-refractivity contribution in [2.75, 3.05) is 13.6 Å². The number of carboxylic acid groups (broad SMARTS) is 1. The van der Waals surface area contributed by atoms with E-state index in [1.807, 2.05) is 48.3 Å². The fourth-order valence-electron chi connectivity index (χ4n) is 2.06. The Balaban J connectivity index is 0.00000242. The van der Waals surface area contributed by atoms with Crippen LogP contribution in [0.4, 0.5) is 0 Å². The Hall–Kier alpha value is -1.85. The topological polar surface area (TPSA) is 66.6 Å². The van der Waals surface area contributed by atoms with E-state index in [9.17, 15) is 4.79 Å². The van der Waals surface area contributed by atoms with Crippen LogP contribution in [0.1, 0.15) is 19.1 Å². The van der Waals surface area contributed by atoms with Crippen molar-refractivity contribution in [1.82, 2.24) is 10.1 Å². The molecule has 1 N–H and O–H groups in total. The summed E-state index contributed by atoms with van der Waals surface area (Å²) < 4.78 is 5.32. The van der Waals surface area contributed by atoms with E-state index in [1.54, 1.807) is 6.92 Å². The van der Waals surface area contributed by atoms with Crippen molar-refractivity contribution < 1.29 is 14.4 Å². The van der Waals surface area contributed by atoms with Gasteiger partial charge in [0.15, 0.2) is 0 Å². The standard InChI is InChI=1S/C16H20N2O3.ClH/c1-12(16(19)20)18(2)10-6-9-14-11-15(17-21-14)13-7-4-3-5-8-13;/h3-5,7-8,11-12H,6,9-10H2,1-2H3,(H,19,20);1H. The first-order valence-corrected chi connectivity index (χ1v) is 7.02. The lowest BCUT2D eigenvalue weighted by Crippen LogP contribution is -2.36. The number of hydrogen-bond acceptors (Lipinski definition) is 4. The number of aryl methyl sites for hydroxylation is 1. The first-order chi connectivity index (χ1) is 10.1. The summed E-state index contributed by atoms with van der Waals surface area (Å²) in [4.78, 5) is 12.7. The highest BCUT2D eigenvalue weighted by atomic mass is 35.5. The number of hydrogen-bond donors (Lipinski definition) is 1. The molecule has 1 heterocycles. The molecular weight excluding hydrogens is 304 g/mol. The second-order valence-corrected chi connectivity index (χ2v) is 5.14. The molecule has 0 saturated heterocycles. The predicted molar refractivity (Wildman–Crippen MR) is 87.2 cm³/mol. The highest BCUT2D eigenvalue weighted by molar-refractivity contribution is 5.85. The van der Waals surface area contributed by atoms with Crippen molar-refractivity contribution in [3.8, 4) is 11.3 Å². The summed E-state index contributed by atoms with van der Waals surface area (Å²) in [6, 6.07) is 11.3. The molecule has 0 spiro atoms. The molecule has 5 nitrogen and oxygen atoms in total. The van der Waals surface area contributed by atoms with E-state index < -0.39 is 12.0 Å². The largest absolute Gasteiger partial charge is 0.480 e. The minimum atomic E-state index is -0.802. The van der Waals surface area contributed by atoms with Gasteiger partial charge in [0.05, 0.1) is 0 Å². The van der Waals surface area contributed by atoms with Gasteiger partial charge >= 0.3 is 5.97 Å². The van der Waals surface area contributed by atoms with E-state index in [0.29, 0.717) is 6.54 Å². The van der Waals surface area contributed by atoms with Crippen LogP contribution in [0.15, 0.2) is 40.9 Å². The molecule has 0 aliphatic rings. The predicted octanol–water partition coefficient (Wildman–Crippen LogP) is 3.10. The van der Waals surface area contributed by atoms with Crippen LogP contribution in [-0.2, 0) is 11.2 Å². The summed E-state index contributed by atoms with van der Waals surface area (Å²) in [7, 11) is 1.81. The molecule has 0 amide bonds. The van der Waals surface area contributed by atoms with E-state index in [1.165, 1.54) is 0 Å². The van der Waals surface area contributed by atoms with Crippen LogP contribution >= 0.6 is 12.4 Å². The van der Waals surface area contributed by atoms with Crippen molar-refractivity contribution >= 4 is 18.4 Å². The van der Waals surface area contributed by atoms with Crippen LogP contribution in [0.2, 0.25) is 0 Å². The van der Waals surface area contributed by atoms with E-state index >= 15 is 0 Å². The lowest BCUT2D eigenvalue weighted by molar-refractivity contribution is -0.142. The zero-order valence-corrected chi connectivity index (χ0v) is 13.5. The molecule has 0 aliphatic carbocycles. The third-order valence-electron chi connectivity index (χ3n) is 3.58. The zero-order chi connectivity index (χ0) is 15.2. The maximum Gasteiger partial charge on any atom is 0.320 e. The molecule has 0 aliphatic heterocycles. The molecule has 1 aromatic heterocycles. The van der Waals surface area contributed by atoms with Crippen LogP contribution < -0.4 is 0 Å². The summed E-state index contributed by atoms with van der Waals surface area (Å²) in [6.45, 7) is 2.39. The van der Waals surface area contributed by atoms with Gasteiger partial charge in [0.2, 0.25) is 0 Å². The summed E-state index contributed by atoms with van der Waals surface area (Å²) in [5, 5.41) is 13.0. The van der Waals surface area contributed by atoms with Gasteiger partial charge in [-0.15, -0.1) is 12.4 Å². The first-order valence-electron chi connectivity index (χ1n) is 7.02. The first kappa shape index (κ1) is 18.2. The molecule has 0 fully saturated rings. The van der Waals surface area contributed by atoms with Gasteiger partial charge in [-0.1, -0.05) is 35.5 Å². The maximum absolute atomic E-state index is 10.9. The number of aromatic nitrogens is 1. The second-order valence-electron chi connectivity index (χ2n) is 5.14. The smallest absolute Gasteiger partial charge is 0.320 e. The van der Waals surface area contributed by atoms with E-state index in [2.05, 4.69) is 5.16 Å². The third-order valence-corrected chi connectivity index (χ3v) is 3.58. The summed E-state index contributed by atoms with van der Waals surface area (Å²) >= 11 is 0. The number of likely N-dealkylation sites (N-methyl/N-ethyl adjacent to an activating group) is 1. The second kappa shape index (κ2) is 8.56. The van der Waals surface area contributed by atoms with Gasteiger partial charge in [-0.25, -0.2) is 0 Å². The summed E-state index contributed by atoms with van der Waals surface area (Å²) in [5.74, 6) is 0.0220. The fourth-order valence-corrected chi connectivity index (χ4v) is 2.06. The summed E-state index contributed by atoms with van der Waals surface area (Å²) in [6.07, 6.45) is 1.58. The van der Waals surface area contributed by atoms with Gasteiger partial charge in [0.1, 0.15) is 17.5 Å². The van der Waals surface area contributed by atoms with Gasteiger partial charge in [0, 0.05) is 18.1 Å². The van der Waals surface area contributed by atoms with Crippen molar-refractivity contribution in [1.29, 1.82) is 0 Å². The molecule has 0 bridgehead atoms. The van der Waals surface area contributed by atoms with E-state index in [-0.39, 0.29) is 12.4 Å². The van der Waals surface area contributed by atoms with Crippen LogP contribution in [0.5, 0.6) is 0 Å². The Bertz CT molecular complexity index is 586. The number of nitrogens with zero attached hydrogens (tertiary/aromatic N) is 2. The minimum Gasteiger partial charge on any atom is -0.480 e. The number of halogens is 1. The Morgan fingerprint density at radius 1 is 1.36 bits per heavy atom. The molecular formula is C16H21ClN2O3. The molecule has 1 atom stereocenters. The fraction of sp³-hybridized carbons (Fsp3) is 0.375. The molecule has 0 saturated carbocycles. The third kappa shape index (κ3) is 4.86. The van der Waals surface area contributed by atoms with E-state index in [4.69, 9.17) is 9.63 Å². The minimum absolute atomic E-state index is 0. The van der Waals surface area contributed by atoms with Crippen LogP contribution in [0.3, 0.4) is 0 Å². The SMILES string of the molecule is CC(C(=O)O)N(C)CCCc1cc(-c2ccccc2)no1.Cl. The molecule has 2 aromatic rings. The van der Waals surface area contributed by atoms with Crippen LogP contribution in [0, 0.1) is 0 Å². The number of aliphatic carboxylic acids is 1. The number of benzene rings is 1. The number of carbonyl (C=O) groups is 1. The molecule has 2 rings (SSSR count). The molecule has 22 heavy (non-hydrogen) atoms. The van der Waals surface area contributed by atoms with Crippen LogP contribution in [0.25, 0.3) is 11.3 Å². The average molecular weight is 325 g/mol. The number of carboxylic acids is 1. The van der Waals surface area contributed by atoms with Crippen molar-refractivity contribution in [2.24, 2.45) is 0 Å². The monoisotopic (exact) mass is 324 g/mol. The molecule has 120 valence electrons. The molecule has 6 heteroatoms. The highest BCUT2D eigenvalue weighted by Crippen LogP contribution is 2.19. The Labute approximate surface area is 136 Å². The van der Waals surface area contributed by atoms with Gasteiger partial charge in [-0.3, -0.25) is 9.69 Å². The van der Waals surface area contributed by atoms with Crippen molar-refractivity contribution in [2.45, 2.75) is 25.8 Å². The highest BCUT2D eigenvalue weighted by Gasteiger charge is 2.16. The number of rotatable bonds is 7. The average Bonchev–Trinajstić information content (AvgIpc) is 2.96. The van der Waals surface area contributed by atoms with Gasteiger partial charge in [-0.2, -0.15) is 0 Å². The van der Waals surface area contributed by atoms with Gasteiger partial charge in [0.25, 0.3) is 0 Å². The lowest BCUT2D eigenvalue weighted by atomic mass is 10.1. The normalized spacial score (nSPS) is 12.0. The quantitative estimate of drug-likeness (QED) is 0.847. The van der Waals surface area contributed by atoms with Crippen molar-refractivity contribution in [3.63, 3.8) is 0 Å². The van der Waals surface area contributed by atoms with Gasteiger partial charge in [-0.05, 0) is 26.9 Å². The van der Waals surface area contributed by atoms with Crippen molar-refractivity contribution in [3.05, 3.63) is 42.2 Å². The molecule has 1 unspecified atom stereocenters. The van der Waals surface area contributed by atoms with Gasteiger partial charge < -0.3 is 9.63 Å². The molecule has 1 aromatic carbocycles. The molecule has 0 radical (unpaired) electrons. The maximum atomic E-state index is 10.9. The lowest BCUT2D eigenvalue weighted by Gasteiger charge is -2.20. The zero-order valence-electron chi connectivity index (χ0n) is 12.7. The summed E-state index contributed by atoms with van der Waals surface area (Å²) in [5.41, 5.74) is 1.86. The Morgan fingerprint density at radius 2 is 2.05 bits per heavy atom. The Kier molecular flexibility index (Phi) is 7.08. The van der Waals surface area contributed by atoms with Crippen LogP contribution in [-0.4, -0.2) is 40.8 Å². The Morgan fingerprint density at radius 3 is 2.68 bits per heavy atom. The van der Waals surface area contributed by atoms with E-state index in [0.717, 1.165) is 29.9 Å².